The van der Waals surface area contributed by atoms with E-state index in [1.54, 1.807) is 6.20 Å². The Kier molecular flexibility index (Phi) is 7.80. The highest BCUT2D eigenvalue weighted by molar-refractivity contribution is 5.77. The summed E-state index contributed by atoms with van der Waals surface area (Å²) in [5, 5.41) is 0. The lowest BCUT2D eigenvalue weighted by Crippen LogP contribution is -2.22. The lowest BCUT2D eigenvalue weighted by Gasteiger charge is -2.19. The SMILES string of the molecule is CC.CCc1ccc(-c2nc3n(c2-c2ccnc(N)n2)CCC(CN(C)C)CC3)cc1. The molecule has 0 saturated carbocycles. The van der Waals surface area contributed by atoms with Gasteiger partial charge in [0, 0.05) is 31.3 Å². The first kappa shape index (κ1) is 22.9. The topological polar surface area (TPSA) is 72.9 Å². The third-order valence-electron chi connectivity index (χ3n) is 5.76. The van der Waals surface area contributed by atoms with Gasteiger partial charge in [0.15, 0.2) is 0 Å². The Morgan fingerprint density at radius 1 is 1.06 bits per heavy atom. The maximum atomic E-state index is 5.92. The van der Waals surface area contributed by atoms with Crippen molar-refractivity contribution in [2.75, 3.05) is 26.4 Å². The summed E-state index contributed by atoms with van der Waals surface area (Å²) >= 11 is 0. The van der Waals surface area contributed by atoms with E-state index in [1.807, 2.05) is 19.9 Å². The van der Waals surface area contributed by atoms with Gasteiger partial charge in [0.25, 0.3) is 0 Å². The number of rotatable bonds is 5. The number of nitrogen functional groups attached to an aromatic ring is 1. The summed E-state index contributed by atoms with van der Waals surface area (Å²) in [4.78, 5) is 16.0. The van der Waals surface area contributed by atoms with E-state index >= 15 is 0 Å². The largest absolute Gasteiger partial charge is 0.368 e. The van der Waals surface area contributed by atoms with Crippen LogP contribution in [0.2, 0.25) is 0 Å². The van der Waals surface area contributed by atoms with E-state index in [1.165, 1.54) is 5.56 Å². The zero-order chi connectivity index (χ0) is 22.4. The average Bonchev–Trinajstić information content (AvgIpc) is 3.04. The molecule has 4 rings (SSSR count). The fourth-order valence-corrected chi connectivity index (χ4v) is 4.28. The Morgan fingerprint density at radius 2 is 1.81 bits per heavy atom. The zero-order valence-electron chi connectivity index (χ0n) is 19.6. The van der Waals surface area contributed by atoms with E-state index in [0.717, 1.165) is 67.2 Å². The smallest absolute Gasteiger partial charge is 0.220 e. The summed E-state index contributed by atoms with van der Waals surface area (Å²) in [6, 6.07) is 10.6. The predicted octanol–water partition coefficient (Wildman–Crippen LogP) is 4.69. The summed E-state index contributed by atoms with van der Waals surface area (Å²) in [7, 11) is 4.30. The molecule has 0 spiro atoms. The van der Waals surface area contributed by atoms with Crippen molar-refractivity contribution < 1.29 is 0 Å². The summed E-state index contributed by atoms with van der Waals surface area (Å²) in [6.45, 7) is 8.24. The zero-order valence-corrected chi connectivity index (χ0v) is 19.6. The van der Waals surface area contributed by atoms with Gasteiger partial charge < -0.3 is 15.2 Å². The Morgan fingerprint density at radius 3 is 2.45 bits per heavy atom. The molecule has 2 N–H and O–H groups in total. The Labute approximate surface area is 186 Å². The van der Waals surface area contributed by atoms with E-state index in [4.69, 9.17) is 10.7 Å². The lowest BCUT2D eigenvalue weighted by atomic mass is 10.00. The van der Waals surface area contributed by atoms with Gasteiger partial charge in [-0.25, -0.2) is 15.0 Å². The number of aromatic nitrogens is 4. The average molecular weight is 421 g/mol. The van der Waals surface area contributed by atoms with E-state index in [2.05, 4.69) is 64.7 Å². The van der Waals surface area contributed by atoms with Gasteiger partial charge >= 0.3 is 0 Å². The molecule has 1 aromatic carbocycles. The first-order valence-corrected chi connectivity index (χ1v) is 11.5. The molecule has 31 heavy (non-hydrogen) atoms. The molecule has 3 aromatic rings. The minimum absolute atomic E-state index is 0.296. The van der Waals surface area contributed by atoms with Crippen LogP contribution in [0.3, 0.4) is 0 Å². The number of anilines is 1. The number of benzene rings is 1. The number of nitrogens with two attached hydrogens (primary N) is 1. The molecule has 0 saturated heterocycles. The number of aryl methyl sites for hydroxylation is 2. The molecule has 1 aliphatic heterocycles. The molecule has 0 radical (unpaired) electrons. The van der Waals surface area contributed by atoms with E-state index < -0.39 is 0 Å². The molecule has 1 atom stereocenters. The number of fused-ring (bicyclic) bond motifs is 1. The molecule has 0 aliphatic carbocycles. The lowest BCUT2D eigenvalue weighted by molar-refractivity contribution is 0.299. The minimum Gasteiger partial charge on any atom is -0.368 e. The fourth-order valence-electron chi connectivity index (χ4n) is 4.28. The molecule has 6 heteroatoms. The van der Waals surface area contributed by atoms with Gasteiger partial charge in [0.1, 0.15) is 5.82 Å². The summed E-state index contributed by atoms with van der Waals surface area (Å²) in [5.74, 6) is 2.12. The fraction of sp³-hybridized carbons (Fsp3) is 0.480. The summed E-state index contributed by atoms with van der Waals surface area (Å²) < 4.78 is 2.36. The normalized spacial score (nSPS) is 15.7. The van der Waals surface area contributed by atoms with Crippen molar-refractivity contribution in [3.05, 3.63) is 47.9 Å². The van der Waals surface area contributed by atoms with Crippen LogP contribution >= 0.6 is 0 Å². The van der Waals surface area contributed by atoms with Crippen molar-refractivity contribution in [3.63, 3.8) is 0 Å². The molecule has 0 amide bonds. The molecular formula is C25H36N6. The second-order valence-electron chi connectivity index (χ2n) is 8.18. The second-order valence-corrected chi connectivity index (χ2v) is 8.18. The summed E-state index contributed by atoms with van der Waals surface area (Å²) in [5.41, 5.74) is 11.3. The van der Waals surface area contributed by atoms with Crippen molar-refractivity contribution in [1.29, 1.82) is 0 Å². The first-order valence-electron chi connectivity index (χ1n) is 11.5. The second kappa shape index (κ2) is 10.5. The molecule has 0 bridgehead atoms. The van der Waals surface area contributed by atoms with Crippen LogP contribution in [-0.4, -0.2) is 45.1 Å². The quantitative estimate of drug-likeness (QED) is 0.648. The molecule has 0 fully saturated rings. The highest BCUT2D eigenvalue weighted by Crippen LogP contribution is 2.35. The third-order valence-corrected chi connectivity index (χ3v) is 5.76. The van der Waals surface area contributed by atoms with Gasteiger partial charge in [0.2, 0.25) is 5.95 Å². The molecule has 6 nitrogen and oxygen atoms in total. The van der Waals surface area contributed by atoms with Crippen LogP contribution in [0.5, 0.6) is 0 Å². The van der Waals surface area contributed by atoms with Crippen LogP contribution in [0.1, 0.15) is 45.0 Å². The van der Waals surface area contributed by atoms with Gasteiger partial charge in [-0.3, -0.25) is 0 Å². The van der Waals surface area contributed by atoms with Crippen LogP contribution in [0.4, 0.5) is 5.95 Å². The Hall–Kier alpha value is -2.73. The standard InChI is InChI=1S/C23H30N6.C2H6/c1-4-16-5-8-18(9-6-16)21-22(19-11-13-25-23(24)26-19)29-14-12-17(15-28(2)3)7-10-20(29)27-21;1-2/h5-6,8-9,11,13,17H,4,7,10,12,14-15H2,1-3H3,(H2,24,25,26);1-2H3. The molecule has 1 unspecified atom stereocenters. The van der Waals surface area contributed by atoms with Crippen LogP contribution < -0.4 is 5.73 Å². The Balaban J connectivity index is 0.00000132. The predicted molar refractivity (Wildman–Crippen MR) is 129 cm³/mol. The number of hydrogen-bond acceptors (Lipinski definition) is 5. The molecular weight excluding hydrogens is 384 g/mol. The maximum absolute atomic E-state index is 5.92. The van der Waals surface area contributed by atoms with Crippen molar-refractivity contribution in [2.24, 2.45) is 5.92 Å². The van der Waals surface area contributed by atoms with E-state index in [-0.39, 0.29) is 0 Å². The van der Waals surface area contributed by atoms with Gasteiger partial charge in [-0.1, -0.05) is 45.0 Å². The molecule has 166 valence electrons. The van der Waals surface area contributed by atoms with Crippen molar-refractivity contribution in [1.82, 2.24) is 24.4 Å². The number of nitrogens with zero attached hydrogens (tertiary/aromatic N) is 5. The van der Waals surface area contributed by atoms with E-state index in [9.17, 15) is 0 Å². The van der Waals surface area contributed by atoms with Crippen LogP contribution in [-0.2, 0) is 19.4 Å². The first-order chi connectivity index (χ1) is 15.0. The van der Waals surface area contributed by atoms with Crippen molar-refractivity contribution in [2.45, 2.75) is 53.0 Å². The van der Waals surface area contributed by atoms with Gasteiger partial charge in [-0.15, -0.1) is 0 Å². The highest BCUT2D eigenvalue weighted by atomic mass is 15.1. The van der Waals surface area contributed by atoms with Crippen LogP contribution in [0.15, 0.2) is 36.5 Å². The maximum Gasteiger partial charge on any atom is 0.220 e. The number of hydrogen-bond donors (Lipinski definition) is 1. The number of imidazole rings is 1. The van der Waals surface area contributed by atoms with Crippen LogP contribution in [0, 0.1) is 5.92 Å². The summed E-state index contributed by atoms with van der Waals surface area (Å²) in [6.07, 6.45) is 6.05. The van der Waals surface area contributed by atoms with Gasteiger partial charge in [-0.05, 0) is 50.9 Å². The van der Waals surface area contributed by atoms with Gasteiger partial charge in [0.05, 0.1) is 17.1 Å². The highest BCUT2D eigenvalue weighted by Gasteiger charge is 2.25. The molecule has 3 heterocycles. The van der Waals surface area contributed by atoms with Crippen molar-refractivity contribution in [3.8, 4) is 22.6 Å². The van der Waals surface area contributed by atoms with Crippen LogP contribution in [0.25, 0.3) is 22.6 Å². The monoisotopic (exact) mass is 420 g/mol. The molecule has 2 aromatic heterocycles. The van der Waals surface area contributed by atoms with Gasteiger partial charge in [-0.2, -0.15) is 0 Å². The Bertz CT molecular complexity index is 974. The minimum atomic E-state index is 0.296. The molecule has 1 aliphatic rings. The van der Waals surface area contributed by atoms with E-state index in [0.29, 0.717) is 11.9 Å². The van der Waals surface area contributed by atoms with Crippen molar-refractivity contribution >= 4 is 5.95 Å². The third kappa shape index (κ3) is 5.31.